The van der Waals surface area contributed by atoms with Gasteiger partial charge in [-0.1, -0.05) is 0 Å². The fourth-order valence-corrected chi connectivity index (χ4v) is 1.36. The molecule has 0 amide bonds. The lowest BCUT2D eigenvalue weighted by Gasteiger charge is -2.19. The summed E-state index contributed by atoms with van der Waals surface area (Å²) in [5.74, 6) is -0.0174. The summed E-state index contributed by atoms with van der Waals surface area (Å²) in [5.41, 5.74) is -1.15. The standard InChI is InChI=1S/C11H13NO5/c1-11(15,10(13)14)5-12-7-2-3-8-9(4-7)17-6-16-8/h2-4,12,15H,5-6H2,1H3,(H,13,14). The lowest BCUT2D eigenvalue weighted by atomic mass is 10.1. The van der Waals surface area contributed by atoms with Crippen LogP contribution in [0.1, 0.15) is 6.92 Å². The molecule has 1 heterocycles. The molecule has 1 aliphatic heterocycles. The average molecular weight is 239 g/mol. The first kappa shape index (κ1) is 11.5. The van der Waals surface area contributed by atoms with Crippen LogP contribution in [-0.4, -0.2) is 35.1 Å². The van der Waals surface area contributed by atoms with Gasteiger partial charge in [-0.2, -0.15) is 0 Å². The van der Waals surface area contributed by atoms with E-state index < -0.39 is 11.6 Å². The Bertz CT molecular complexity index is 443. The van der Waals surface area contributed by atoms with Crippen LogP contribution in [0.2, 0.25) is 0 Å². The maximum Gasteiger partial charge on any atom is 0.337 e. The van der Waals surface area contributed by atoms with Gasteiger partial charge in [-0.25, -0.2) is 4.79 Å². The number of fused-ring (bicyclic) bond motifs is 1. The number of carboxylic acids is 1. The Morgan fingerprint density at radius 1 is 1.47 bits per heavy atom. The summed E-state index contributed by atoms with van der Waals surface area (Å²) in [5, 5.41) is 21.1. The van der Waals surface area contributed by atoms with E-state index in [4.69, 9.17) is 14.6 Å². The van der Waals surface area contributed by atoms with Gasteiger partial charge >= 0.3 is 5.97 Å². The summed E-state index contributed by atoms with van der Waals surface area (Å²) in [7, 11) is 0. The molecule has 1 aromatic carbocycles. The van der Waals surface area contributed by atoms with Crippen molar-refractivity contribution in [3.05, 3.63) is 18.2 Å². The monoisotopic (exact) mass is 239 g/mol. The van der Waals surface area contributed by atoms with Crippen molar-refractivity contribution in [1.29, 1.82) is 0 Å². The second kappa shape index (κ2) is 4.14. The zero-order valence-corrected chi connectivity index (χ0v) is 9.27. The highest BCUT2D eigenvalue weighted by Gasteiger charge is 2.29. The molecule has 1 atom stereocenters. The molecular formula is C11H13NO5. The minimum atomic E-state index is -1.81. The second-order valence-corrected chi connectivity index (χ2v) is 4.00. The van der Waals surface area contributed by atoms with E-state index in [0.717, 1.165) is 0 Å². The van der Waals surface area contributed by atoms with Gasteiger partial charge in [0.2, 0.25) is 6.79 Å². The molecule has 0 aromatic heterocycles. The molecule has 0 radical (unpaired) electrons. The largest absolute Gasteiger partial charge is 0.479 e. The number of nitrogens with one attached hydrogen (secondary N) is 1. The highest BCUT2D eigenvalue weighted by molar-refractivity contribution is 5.77. The number of anilines is 1. The van der Waals surface area contributed by atoms with Crippen LogP contribution in [0.4, 0.5) is 5.69 Å². The molecule has 6 heteroatoms. The number of aliphatic carboxylic acids is 1. The number of rotatable bonds is 4. The first-order valence-corrected chi connectivity index (χ1v) is 5.08. The number of benzene rings is 1. The maximum atomic E-state index is 10.7. The smallest absolute Gasteiger partial charge is 0.337 e. The first-order chi connectivity index (χ1) is 7.99. The Balaban J connectivity index is 2.03. The number of carboxylic acid groups (broad SMARTS) is 1. The van der Waals surface area contributed by atoms with Crippen molar-refractivity contribution in [2.24, 2.45) is 0 Å². The van der Waals surface area contributed by atoms with Crippen LogP contribution in [0.3, 0.4) is 0 Å². The van der Waals surface area contributed by atoms with Crippen LogP contribution in [0.15, 0.2) is 18.2 Å². The molecule has 1 aliphatic rings. The van der Waals surface area contributed by atoms with Crippen molar-refractivity contribution in [1.82, 2.24) is 0 Å². The van der Waals surface area contributed by atoms with Crippen LogP contribution in [0.5, 0.6) is 11.5 Å². The van der Waals surface area contributed by atoms with E-state index in [1.807, 2.05) is 0 Å². The van der Waals surface area contributed by atoms with Gasteiger partial charge < -0.3 is 25.0 Å². The Kier molecular flexibility index (Phi) is 2.81. The number of hydrogen-bond donors (Lipinski definition) is 3. The van der Waals surface area contributed by atoms with E-state index >= 15 is 0 Å². The lowest BCUT2D eigenvalue weighted by molar-refractivity contribution is -0.155. The molecule has 1 unspecified atom stereocenters. The molecule has 6 nitrogen and oxygen atoms in total. The van der Waals surface area contributed by atoms with E-state index in [1.165, 1.54) is 6.92 Å². The molecule has 0 saturated carbocycles. The molecule has 3 N–H and O–H groups in total. The first-order valence-electron chi connectivity index (χ1n) is 5.08. The highest BCUT2D eigenvalue weighted by atomic mass is 16.7. The van der Waals surface area contributed by atoms with Gasteiger partial charge in [0.25, 0.3) is 0 Å². The number of ether oxygens (including phenoxy) is 2. The summed E-state index contributed by atoms with van der Waals surface area (Å²) >= 11 is 0. The summed E-state index contributed by atoms with van der Waals surface area (Å²) in [6.07, 6.45) is 0. The minimum absolute atomic E-state index is 0.0953. The van der Waals surface area contributed by atoms with E-state index in [-0.39, 0.29) is 13.3 Å². The van der Waals surface area contributed by atoms with Gasteiger partial charge in [-0.05, 0) is 19.1 Å². The summed E-state index contributed by atoms with van der Waals surface area (Å²) in [6.45, 7) is 1.32. The summed E-state index contributed by atoms with van der Waals surface area (Å²) in [6, 6.07) is 5.14. The zero-order valence-electron chi connectivity index (χ0n) is 9.27. The van der Waals surface area contributed by atoms with Crippen molar-refractivity contribution < 1.29 is 24.5 Å². The normalized spacial score (nSPS) is 16.4. The second-order valence-electron chi connectivity index (χ2n) is 4.00. The lowest BCUT2D eigenvalue weighted by Crippen LogP contribution is -2.41. The van der Waals surface area contributed by atoms with E-state index in [2.05, 4.69) is 5.32 Å². The van der Waals surface area contributed by atoms with E-state index in [9.17, 15) is 9.90 Å². The van der Waals surface area contributed by atoms with Gasteiger partial charge in [0.15, 0.2) is 17.1 Å². The van der Waals surface area contributed by atoms with Gasteiger partial charge in [0.1, 0.15) is 0 Å². The third-order valence-corrected chi connectivity index (χ3v) is 2.47. The molecule has 0 aliphatic carbocycles. The fourth-order valence-electron chi connectivity index (χ4n) is 1.36. The maximum absolute atomic E-state index is 10.7. The molecule has 92 valence electrons. The third-order valence-electron chi connectivity index (χ3n) is 2.47. The predicted molar refractivity (Wildman–Crippen MR) is 59.3 cm³/mol. The number of carbonyl (C=O) groups is 1. The molecule has 0 fully saturated rings. The number of aliphatic hydroxyl groups is 1. The highest BCUT2D eigenvalue weighted by Crippen LogP contribution is 2.34. The van der Waals surface area contributed by atoms with Crippen molar-refractivity contribution in [2.75, 3.05) is 18.7 Å². The molecule has 2 rings (SSSR count). The van der Waals surface area contributed by atoms with Gasteiger partial charge in [-0.15, -0.1) is 0 Å². The Morgan fingerprint density at radius 2 is 2.18 bits per heavy atom. The Labute approximate surface area is 97.8 Å². The summed E-state index contributed by atoms with van der Waals surface area (Å²) in [4.78, 5) is 10.7. The molecule has 17 heavy (non-hydrogen) atoms. The van der Waals surface area contributed by atoms with Crippen LogP contribution in [-0.2, 0) is 4.79 Å². The van der Waals surface area contributed by atoms with Crippen molar-refractivity contribution in [3.63, 3.8) is 0 Å². The minimum Gasteiger partial charge on any atom is -0.479 e. The Hall–Kier alpha value is -1.95. The zero-order chi connectivity index (χ0) is 12.5. The predicted octanol–water partition coefficient (Wildman–Crippen LogP) is 0.663. The van der Waals surface area contributed by atoms with Gasteiger partial charge in [-0.3, -0.25) is 0 Å². The van der Waals surface area contributed by atoms with Crippen LogP contribution in [0.25, 0.3) is 0 Å². The SMILES string of the molecule is CC(O)(CNc1ccc2c(c1)OCO2)C(=O)O. The molecular weight excluding hydrogens is 226 g/mol. The average Bonchev–Trinajstić information content (AvgIpc) is 2.73. The van der Waals surface area contributed by atoms with Gasteiger partial charge in [0, 0.05) is 11.8 Å². The number of hydrogen-bond acceptors (Lipinski definition) is 5. The van der Waals surface area contributed by atoms with Crippen LogP contribution < -0.4 is 14.8 Å². The van der Waals surface area contributed by atoms with Crippen LogP contribution >= 0.6 is 0 Å². The molecule has 1 aromatic rings. The van der Waals surface area contributed by atoms with Crippen molar-refractivity contribution in [2.45, 2.75) is 12.5 Å². The van der Waals surface area contributed by atoms with Gasteiger partial charge in [0.05, 0.1) is 6.54 Å². The van der Waals surface area contributed by atoms with E-state index in [1.54, 1.807) is 18.2 Å². The van der Waals surface area contributed by atoms with Crippen molar-refractivity contribution in [3.8, 4) is 11.5 Å². The van der Waals surface area contributed by atoms with Crippen LogP contribution in [0, 0.1) is 0 Å². The summed E-state index contributed by atoms with van der Waals surface area (Å²) < 4.78 is 10.3. The molecule has 0 saturated heterocycles. The Morgan fingerprint density at radius 3 is 2.88 bits per heavy atom. The molecule has 0 spiro atoms. The molecule has 0 bridgehead atoms. The van der Waals surface area contributed by atoms with Crippen molar-refractivity contribution >= 4 is 11.7 Å². The van der Waals surface area contributed by atoms with E-state index in [0.29, 0.717) is 17.2 Å². The topological polar surface area (TPSA) is 88.0 Å². The fraction of sp³-hybridized carbons (Fsp3) is 0.364. The quantitative estimate of drug-likeness (QED) is 0.715. The third kappa shape index (κ3) is 2.42.